The lowest BCUT2D eigenvalue weighted by Crippen LogP contribution is -2.34. The first kappa shape index (κ1) is 17.6. The van der Waals surface area contributed by atoms with Gasteiger partial charge in [0.05, 0.1) is 5.56 Å². The number of anilines is 1. The first-order valence-corrected chi connectivity index (χ1v) is 9.36. The molecule has 4 nitrogen and oxygen atoms in total. The highest BCUT2D eigenvalue weighted by molar-refractivity contribution is 6.02. The van der Waals surface area contributed by atoms with Crippen LogP contribution in [0.3, 0.4) is 0 Å². The molecule has 0 saturated carbocycles. The van der Waals surface area contributed by atoms with Crippen LogP contribution in [0.1, 0.15) is 22.3 Å². The average molecular weight is 360 g/mol. The molecular formula is C23H24N2O2. The Morgan fingerprint density at radius 3 is 2.70 bits per heavy atom. The highest BCUT2D eigenvalue weighted by atomic mass is 16.3. The van der Waals surface area contributed by atoms with Gasteiger partial charge in [-0.3, -0.25) is 9.69 Å². The quantitative estimate of drug-likeness (QED) is 0.697. The van der Waals surface area contributed by atoms with E-state index in [1.54, 1.807) is 6.07 Å². The summed E-state index contributed by atoms with van der Waals surface area (Å²) < 4.78 is 0. The van der Waals surface area contributed by atoms with E-state index in [0.717, 1.165) is 48.8 Å². The summed E-state index contributed by atoms with van der Waals surface area (Å²) in [6.07, 6.45) is 1.85. The van der Waals surface area contributed by atoms with Gasteiger partial charge in [0.15, 0.2) is 6.29 Å². The number of aromatic hydroxyl groups is 1. The molecule has 0 aliphatic carbocycles. The van der Waals surface area contributed by atoms with Crippen molar-refractivity contribution in [3.8, 4) is 5.75 Å². The number of rotatable bonds is 5. The van der Waals surface area contributed by atoms with Gasteiger partial charge in [-0.25, -0.2) is 0 Å². The van der Waals surface area contributed by atoms with E-state index in [2.05, 4.69) is 47.2 Å². The van der Waals surface area contributed by atoms with Gasteiger partial charge in [0, 0.05) is 31.4 Å². The fraction of sp³-hybridized carbons (Fsp3) is 0.261. The molecule has 0 amide bonds. The second-order valence-electron chi connectivity index (χ2n) is 7.31. The Morgan fingerprint density at radius 1 is 1.15 bits per heavy atom. The number of phenols is 1. The predicted molar refractivity (Wildman–Crippen MR) is 110 cm³/mol. The van der Waals surface area contributed by atoms with Gasteiger partial charge in [-0.15, -0.1) is 0 Å². The minimum atomic E-state index is 0.0385. The average Bonchev–Trinajstić information content (AvgIpc) is 3.19. The summed E-state index contributed by atoms with van der Waals surface area (Å²) >= 11 is 0. The molecule has 3 aromatic rings. The van der Waals surface area contributed by atoms with E-state index >= 15 is 0 Å². The number of benzene rings is 3. The van der Waals surface area contributed by atoms with Crippen molar-refractivity contribution in [3.63, 3.8) is 0 Å². The zero-order chi connectivity index (χ0) is 18.8. The third-order valence-corrected chi connectivity index (χ3v) is 5.57. The highest BCUT2D eigenvalue weighted by Gasteiger charge is 2.26. The molecule has 1 N–H and O–H groups in total. The van der Waals surface area contributed by atoms with Crippen molar-refractivity contribution in [2.45, 2.75) is 19.0 Å². The number of aldehydes is 1. The van der Waals surface area contributed by atoms with E-state index in [1.807, 2.05) is 24.3 Å². The van der Waals surface area contributed by atoms with E-state index in [9.17, 15) is 9.90 Å². The summed E-state index contributed by atoms with van der Waals surface area (Å²) in [5, 5.41) is 11.7. The summed E-state index contributed by atoms with van der Waals surface area (Å²) in [5.41, 5.74) is 2.80. The number of hydrogen-bond acceptors (Lipinski definition) is 4. The van der Waals surface area contributed by atoms with Crippen LogP contribution in [0.15, 0.2) is 60.7 Å². The maximum atomic E-state index is 11.4. The SMILES string of the molecule is CN(Cc1ccccc1)C1CCN(c2ccc3ccc(O)c(C=O)c3c2)C1. The molecule has 0 radical (unpaired) electrons. The molecule has 4 heteroatoms. The van der Waals surface area contributed by atoms with Gasteiger partial charge in [0.25, 0.3) is 0 Å². The third kappa shape index (κ3) is 3.53. The van der Waals surface area contributed by atoms with Crippen LogP contribution in [0.2, 0.25) is 0 Å². The van der Waals surface area contributed by atoms with Crippen LogP contribution >= 0.6 is 0 Å². The number of likely N-dealkylation sites (N-methyl/N-ethyl adjacent to an activating group) is 1. The zero-order valence-corrected chi connectivity index (χ0v) is 15.5. The highest BCUT2D eigenvalue weighted by Crippen LogP contribution is 2.31. The minimum Gasteiger partial charge on any atom is -0.507 e. The maximum absolute atomic E-state index is 11.4. The number of hydrogen-bond donors (Lipinski definition) is 1. The Morgan fingerprint density at radius 2 is 1.93 bits per heavy atom. The Balaban J connectivity index is 1.52. The van der Waals surface area contributed by atoms with Crippen LogP contribution in [-0.4, -0.2) is 42.5 Å². The van der Waals surface area contributed by atoms with Crippen LogP contribution < -0.4 is 4.90 Å². The molecular weight excluding hydrogens is 336 g/mol. The zero-order valence-electron chi connectivity index (χ0n) is 15.5. The van der Waals surface area contributed by atoms with Crippen LogP contribution in [0.25, 0.3) is 10.8 Å². The second-order valence-corrected chi connectivity index (χ2v) is 7.31. The van der Waals surface area contributed by atoms with Crippen molar-refractivity contribution < 1.29 is 9.90 Å². The van der Waals surface area contributed by atoms with Crippen molar-refractivity contribution in [2.75, 3.05) is 25.0 Å². The number of phenolic OH excluding ortho intramolecular Hbond substituents is 1. The van der Waals surface area contributed by atoms with Gasteiger partial charge in [-0.2, -0.15) is 0 Å². The number of carbonyl (C=O) groups excluding carboxylic acids is 1. The van der Waals surface area contributed by atoms with Gasteiger partial charge in [0.1, 0.15) is 5.75 Å². The van der Waals surface area contributed by atoms with Gasteiger partial charge in [-0.1, -0.05) is 42.5 Å². The first-order valence-electron chi connectivity index (χ1n) is 9.36. The second kappa shape index (κ2) is 7.41. The molecule has 0 aromatic heterocycles. The van der Waals surface area contributed by atoms with Crippen molar-refractivity contribution in [1.29, 1.82) is 0 Å². The summed E-state index contributed by atoms with van der Waals surface area (Å²) in [5.74, 6) is 0.0385. The molecule has 1 unspecified atom stereocenters. The predicted octanol–water partition coefficient (Wildman–Crippen LogP) is 4.07. The van der Waals surface area contributed by atoms with Gasteiger partial charge >= 0.3 is 0 Å². The Bertz CT molecular complexity index is 955. The van der Waals surface area contributed by atoms with Crippen molar-refractivity contribution in [3.05, 3.63) is 71.8 Å². The summed E-state index contributed by atoms with van der Waals surface area (Å²) in [7, 11) is 2.18. The number of nitrogens with zero attached hydrogens (tertiary/aromatic N) is 2. The molecule has 27 heavy (non-hydrogen) atoms. The maximum Gasteiger partial charge on any atom is 0.154 e. The third-order valence-electron chi connectivity index (χ3n) is 5.57. The monoisotopic (exact) mass is 360 g/mol. The molecule has 0 spiro atoms. The van der Waals surface area contributed by atoms with E-state index in [4.69, 9.17) is 0 Å². The van der Waals surface area contributed by atoms with E-state index < -0.39 is 0 Å². The minimum absolute atomic E-state index is 0.0385. The smallest absolute Gasteiger partial charge is 0.154 e. The van der Waals surface area contributed by atoms with Crippen LogP contribution in [0.5, 0.6) is 5.75 Å². The number of fused-ring (bicyclic) bond motifs is 1. The van der Waals surface area contributed by atoms with Crippen molar-refractivity contribution in [2.24, 2.45) is 0 Å². The molecule has 1 heterocycles. The molecule has 1 aliphatic heterocycles. The molecule has 1 aliphatic rings. The molecule has 1 atom stereocenters. The lowest BCUT2D eigenvalue weighted by atomic mass is 10.0. The van der Waals surface area contributed by atoms with E-state index in [0.29, 0.717) is 11.6 Å². The van der Waals surface area contributed by atoms with Crippen molar-refractivity contribution >= 4 is 22.7 Å². The summed E-state index contributed by atoms with van der Waals surface area (Å²) in [4.78, 5) is 16.2. The Kier molecular flexibility index (Phi) is 4.82. The van der Waals surface area contributed by atoms with E-state index in [-0.39, 0.29) is 5.75 Å². The Labute approximate surface area is 159 Å². The molecule has 3 aromatic carbocycles. The molecule has 0 bridgehead atoms. The summed E-state index contributed by atoms with van der Waals surface area (Å²) in [6.45, 7) is 2.90. The fourth-order valence-electron chi connectivity index (χ4n) is 3.98. The molecule has 1 saturated heterocycles. The molecule has 1 fully saturated rings. The normalized spacial score (nSPS) is 17.0. The van der Waals surface area contributed by atoms with Crippen LogP contribution in [0, 0.1) is 0 Å². The lowest BCUT2D eigenvalue weighted by Gasteiger charge is -2.25. The number of carbonyl (C=O) groups is 1. The largest absolute Gasteiger partial charge is 0.507 e. The van der Waals surface area contributed by atoms with Gasteiger partial charge in [0.2, 0.25) is 0 Å². The van der Waals surface area contributed by atoms with Crippen LogP contribution in [0.4, 0.5) is 5.69 Å². The van der Waals surface area contributed by atoms with Gasteiger partial charge < -0.3 is 10.0 Å². The topological polar surface area (TPSA) is 43.8 Å². The Hall–Kier alpha value is -2.85. The molecule has 138 valence electrons. The van der Waals surface area contributed by atoms with Gasteiger partial charge in [-0.05, 0) is 48.0 Å². The molecule has 4 rings (SSSR count). The van der Waals surface area contributed by atoms with Crippen molar-refractivity contribution in [1.82, 2.24) is 4.90 Å². The first-order chi connectivity index (χ1) is 13.2. The van der Waals surface area contributed by atoms with Crippen LogP contribution in [-0.2, 0) is 6.54 Å². The standard InChI is InChI=1S/C23H24N2O2/c1-24(14-17-5-3-2-4-6-17)20-11-12-25(15-20)19-9-7-18-8-10-23(27)22(16-26)21(18)13-19/h2-10,13,16,20,27H,11-12,14-15H2,1H3. The van der Waals surface area contributed by atoms with E-state index in [1.165, 1.54) is 5.56 Å². The fourth-order valence-corrected chi connectivity index (χ4v) is 3.98. The lowest BCUT2D eigenvalue weighted by molar-refractivity contribution is 0.112. The summed E-state index contributed by atoms with van der Waals surface area (Å²) in [6, 6.07) is 20.6.